The van der Waals surface area contributed by atoms with Crippen molar-refractivity contribution < 1.29 is 13.2 Å². The molecule has 0 unspecified atom stereocenters. The highest BCUT2D eigenvalue weighted by atomic mass is 19.4. The summed E-state index contributed by atoms with van der Waals surface area (Å²) < 4.78 is 40.1. The first-order valence-corrected chi connectivity index (χ1v) is 8.49. The largest absolute Gasteiger partial charge is 0.421 e. The molecule has 4 nitrogen and oxygen atoms in total. The van der Waals surface area contributed by atoms with Gasteiger partial charge in [-0.1, -0.05) is 37.3 Å². The molecule has 7 heteroatoms. The predicted molar refractivity (Wildman–Crippen MR) is 101 cm³/mol. The van der Waals surface area contributed by atoms with Crippen LogP contribution in [-0.4, -0.2) is 9.97 Å². The molecule has 3 rings (SSSR count). The zero-order valence-corrected chi connectivity index (χ0v) is 14.9. The van der Waals surface area contributed by atoms with Gasteiger partial charge in [0.05, 0.1) is 0 Å². The molecule has 2 N–H and O–H groups in total. The van der Waals surface area contributed by atoms with Gasteiger partial charge in [0.15, 0.2) is 0 Å². The fourth-order valence-electron chi connectivity index (χ4n) is 2.58. The average molecular weight is 372 g/mol. The van der Waals surface area contributed by atoms with Crippen LogP contribution >= 0.6 is 0 Å². The summed E-state index contributed by atoms with van der Waals surface area (Å²) in [5.41, 5.74) is 2.31. The second-order valence-corrected chi connectivity index (χ2v) is 6.07. The average Bonchev–Trinajstić information content (AvgIpc) is 2.63. The van der Waals surface area contributed by atoms with E-state index in [1.165, 1.54) is 0 Å². The molecular formula is C20H19F3N4. The van der Waals surface area contributed by atoms with Crippen LogP contribution in [0.4, 0.5) is 36.3 Å². The quantitative estimate of drug-likeness (QED) is 0.589. The summed E-state index contributed by atoms with van der Waals surface area (Å²) in [7, 11) is 0. The first kappa shape index (κ1) is 18.7. The lowest BCUT2D eigenvalue weighted by Crippen LogP contribution is -2.12. The third-order valence-electron chi connectivity index (χ3n) is 4.08. The van der Waals surface area contributed by atoms with Crippen molar-refractivity contribution in [2.75, 3.05) is 10.6 Å². The van der Waals surface area contributed by atoms with Gasteiger partial charge in [0.2, 0.25) is 5.95 Å². The lowest BCUT2D eigenvalue weighted by molar-refractivity contribution is -0.137. The SMILES string of the molecule is CCc1cccc(Nc2nc(Nc3ccccc3C)ncc2C(F)(F)F)c1. The highest BCUT2D eigenvalue weighted by molar-refractivity contribution is 5.64. The van der Waals surface area contributed by atoms with E-state index in [1.807, 2.05) is 44.2 Å². The summed E-state index contributed by atoms with van der Waals surface area (Å²) in [6, 6.07) is 14.6. The number of benzene rings is 2. The fraction of sp³-hybridized carbons (Fsp3) is 0.200. The molecule has 140 valence electrons. The first-order valence-electron chi connectivity index (χ1n) is 8.49. The van der Waals surface area contributed by atoms with Crippen LogP contribution in [0.15, 0.2) is 54.7 Å². The van der Waals surface area contributed by atoms with Gasteiger partial charge in [0.1, 0.15) is 11.4 Å². The number of hydrogen-bond donors (Lipinski definition) is 2. The lowest BCUT2D eigenvalue weighted by Gasteiger charge is -2.15. The lowest BCUT2D eigenvalue weighted by atomic mass is 10.1. The molecule has 0 radical (unpaired) electrons. The number of anilines is 4. The highest BCUT2D eigenvalue weighted by Crippen LogP contribution is 2.35. The van der Waals surface area contributed by atoms with Crippen molar-refractivity contribution in [1.82, 2.24) is 9.97 Å². The van der Waals surface area contributed by atoms with Crippen LogP contribution in [0.3, 0.4) is 0 Å². The Morgan fingerprint density at radius 2 is 1.78 bits per heavy atom. The van der Waals surface area contributed by atoms with Crippen LogP contribution in [0.1, 0.15) is 23.6 Å². The topological polar surface area (TPSA) is 49.8 Å². The molecule has 0 aliphatic rings. The number of nitrogens with zero attached hydrogens (tertiary/aromatic N) is 2. The van der Waals surface area contributed by atoms with Gasteiger partial charge in [-0.15, -0.1) is 0 Å². The third-order valence-corrected chi connectivity index (χ3v) is 4.08. The van der Waals surface area contributed by atoms with Crippen molar-refractivity contribution >= 4 is 23.1 Å². The molecule has 1 heterocycles. The Morgan fingerprint density at radius 3 is 2.48 bits per heavy atom. The molecule has 1 aromatic heterocycles. The number of rotatable bonds is 5. The minimum atomic E-state index is -4.56. The summed E-state index contributed by atoms with van der Waals surface area (Å²) in [6.45, 7) is 3.87. The standard InChI is InChI=1S/C20H19F3N4/c1-3-14-8-6-9-15(11-14)25-18-16(20(21,22)23)12-24-19(27-18)26-17-10-5-4-7-13(17)2/h4-12H,3H2,1-2H3,(H2,24,25,26,27). The number of aromatic nitrogens is 2. The van der Waals surface area contributed by atoms with Gasteiger partial charge < -0.3 is 10.6 Å². The molecule has 27 heavy (non-hydrogen) atoms. The predicted octanol–water partition coefficient (Wildman–Crippen LogP) is 5.85. The van der Waals surface area contributed by atoms with E-state index in [2.05, 4.69) is 20.6 Å². The highest BCUT2D eigenvalue weighted by Gasteiger charge is 2.35. The number of alkyl halides is 3. The molecule has 2 aromatic carbocycles. The minimum absolute atomic E-state index is 0.0893. The van der Waals surface area contributed by atoms with Crippen LogP contribution in [-0.2, 0) is 12.6 Å². The molecule has 3 aromatic rings. The molecule has 0 aliphatic carbocycles. The van der Waals surface area contributed by atoms with Crippen LogP contribution in [0, 0.1) is 6.92 Å². The van der Waals surface area contributed by atoms with E-state index in [9.17, 15) is 13.2 Å². The Kier molecular flexibility index (Phi) is 5.30. The smallest absolute Gasteiger partial charge is 0.340 e. The molecule has 0 saturated carbocycles. The number of halogens is 3. The Hall–Kier alpha value is -3.09. The Balaban J connectivity index is 1.97. The van der Waals surface area contributed by atoms with Gasteiger partial charge in [-0.05, 0) is 42.7 Å². The van der Waals surface area contributed by atoms with Crippen molar-refractivity contribution in [2.24, 2.45) is 0 Å². The Bertz CT molecular complexity index is 939. The summed E-state index contributed by atoms with van der Waals surface area (Å²) in [5, 5.41) is 5.75. The summed E-state index contributed by atoms with van der Waals surface area (Å²) in [4.78, 5) is 7.91. The van der Waals surface area contributed by atoms with E-state index in [4.69, 9.17) is 0 Å². The Labute approximate surface area is 155 Å². The fourth-order valence-corrected chi connectivity index (χ4v) is 2.58. The van der Waals surface area contributed by atoms with Gasteiger partial charge in [0.25, 0.3) is 0 Å². The number of nitrogens with one attached hydrogen (secondary N) is 2. The van der Waals surface area contributed by atoms with Gasteiger partial charge >= 0.3 is 6.18 Å². The van der Waals surface area contributed by atoms with E-state index in [1.54, 1.807) is 18.2 Å². The maximum absolute atomic E-state index is 13.4. The van der Waals surface area contributed by atoms with Crippen LogP contribution in [0.2, 0.25) is 0 Å². The molecule has 0 amide bonds. The van der Waals surface area contributed by atoms with Crippen LogP contribution < -0.4 is 10.6 Å². The monoisotopic (exact) mass is 372 g/mol. The van der Waals surface area contributed by atoms with Crippen molar-refractivity contribution in [3.8, 4) is 0 Å². The normalized spacial score (nSPS) is 11.3. The molecule has 0 saturated heterocycles. The van der Waals surface area contributed by atoms with Gasteiger partial charge in [0, 0.05) is 17.6 Å². The zero-order valence-electron chi connectivity index (χ0n) is 14.9. The van der Waals surface area contributed by atoms with Crippen molar-refractivity contribution in [1.29, 1.82) is 0 Å². The Morgan fingerprint density at radius 1 is 1.00 bits per heavy atom. The van der Waals surface area contributed by atoms with E-state index in [0.717, 1.165) is 29.4 Å². The van der Waals surface area contributed by atoms with E-state index in [0.29, 0.717) is 5.69 Å². The molecule has 0 spiro atoms. The second-order valence-electron chi connectivity index (χ2n) is 6.07. The first-order chi connectivity index (χ1) is 12.9. The number of aryl methyl sites for hydroxylation is 2. The summed E-state index contributed by atoms with van der Waals surface area (Å²) in [5.74, 6) is -0.201. The van der Waals surface area contributed by atoms with Crippen molar-refractivity contribution in [2.45, 2.75) is 26.4 Å². The van der Waals surface area contributed by atoms with Crippen LogP contribution in [0.5, 0.6) is 0 Å². The summed E-state index contributed by atoms with van der Waals surface area (Å²) >= 11 is 0. The van der Waals surface area contributed by atoms with Gasteiger partial charge in [-0.2, -0.15) is 18.2 Å². The van der Waals surface area contributed by atoms with E-state index < -0.39 is 11.7 Å². The van der Waals surface area contributed by atoms with Crippen molar-refractivity contribution in [3.63, 3.8) is 0 Å². The maximum atomic E-state index is 13.4. The molecule has 0 fully saturated rings. The van der Waals surface area contributed by atoms with Crippen molar-refractivity contribution in [3.05, 3.63) is 71.4 Å². The zero-order chi connectivity index (χ0) is 19.4. The number of para-hydroxylation sites is 1. The second kappa shape index (κ2) is 7.65. The minimum Gasteiger partial charge on any atom is -0.340 e. The third kappa shape index (κ3) is 4.55. The molecule has 0 atom stereocenters. The van der Waals surface area contributed by atoms with Gasteiger partial charge in [-0.25, -0.2) is 4.98 Å². The van der Waals surface area contributed by atoms with Crippen LogP contribution in [0.25, 0.3) is 0 Å². The van der Waals surface area contributed by atoms with Gasteiger partial charge in [-0.3, -0.25) is 0 Å². The molecular weight excluding hydrogens is 353 g/mol. The van der Waals surface area contributed by atoms with E-state index in [-0.39, 0.29) is 11.8 Å². The summed E-state index contributed by atoms with van der Waals surface area (Å²) in [6.07, 6.45) is -2.99. The molecule has 0 aliphatic heterocycles. The molecule has 0 bridgehead atoms. The maximum Gasteiger partial charge on any atom is 0.421 e. The van der Waals surface area contributed by atoms with E-state index >= 15 is 0 Å². The number of hydrogen-bond acceptors (Lipinski definition) is 4.